The van der Waals surface area contributed by atoms with Gasteiger partial charge in [-0.3, -0.25) is 14.9 Å². The minimum atomic E-state index is -0.532. The smallest absolute Gasteiger partial charge is 0.311 e. The van der Waals surface area contributed by atoms with Crippen molar-refractivity contribution in [2.45, 2.75) is 26.2 Å². The molecule has 1 amide bonds. The molecule has 1 aliphatic rings. The number of ether oxygens (including phenoxy) is 1. The number of nitrogens with one attached hydrogen (secondary N) is 2. The van der Waals surface area contributed by atoms with E-state index < -0.39 is 4.92 Å². The van der Waals surface area contributed by atoms with Crippen LogP contribution in [0.1, 0.15) is 36.5 Å². The zero-order valence-electron chi connectivity index (χ0n) is 13.3. The molecule has 1 aromatic rings. The number of carbonyl (C=O) groups is 1. The third-order valence-corrected chi connectivity index (χ3v) is 3.95. The molecule has 1 heterocycles. The van der Waals surface area contributed by atoms with Gasteiger partial charge in [-0.2, -0.15) is 0 Å². The Labute approximate surface area is 135 Å². The third-order valence-electron chi connectivity index (χ3n) is 3.95. The van der Waals surface area contributed by atoms with Gasteiger partial charge < -0.3 is 15.4 Å². The summed E-state index contributed by atoms with van der Waals surface area (Å²) in [6.45, 7) is 4.72. The van der Waals surface area contributed by atoms with E-state index in [-0.39, 0.29) is 22.9 Å². The Morgan fingerprint density at radius 2 is 2.35 bits per heavy atom. The van der Waals surface area contributed by atoms with Crippen LogP contribution in [-0.2, 0) is 0 Å². The third kappa shape index (κ3) is 4.92. The molecule has 1 aromatic carbocycles. The molecule has 1 aliphatic heterocycles. The molecule has 0 saturated carbocycles. The van der Waals surface area contributed by atoms with Crippen LogP contribution in [0.4, 0.5) is 5.69 Å². The van der Waals surface area contributed by atoms with E-state index in [4.69, 9.17) is 4.74 Å². The number of benzene rings is 1. The molecule has 1 saturated heterocycles. The average molecular weight is 321 g/mol. The molecule has 2 N–H and O–H groups in total. The zero-order valence-corrected chi connectivity index (χ0v) is 13.3. The molecule has 1 atom stereocenters. The lowest BCUT2D eigenvalue weighted by Crippen LogP contribution is -2.33. The molecule has 0 aromatic heterocycles. The van der Waals surface area contributed by atoms with Crippen LogP contribution in [0.5, 0.6) is 5.75 Å². The second kappa shape index (κ2) is 8.47. The molecule has 1 fully saturated rings. The van der Waals surface area contributed by atoms with Crippen LogP contribution in [0.25, 0.3) is 0 Å². The van der Waals surface area contributed by atoms with Crippen LogP contribution in [0.2, 0.25) is 0 Å². The highest BCUT2D eigenvalue weighted by atomic mass is 16.6. The number of carbonyl (C=O) groups excluding carboxylic acids is 1. The number of piperidine rings is 1. The van der Waals surface area contributed by atoms with Gasteiger partial charge in [-0.15, -0.1) is 0 Å². The largest absolute Gasteiger partial charge is 0.487 e. The molecule has 0 spiro atoms. The Morgan fingerprint density at radius 1 is 1.52 bits per heavy atom. The topological polar surface area (TPSA) is 93.5 Å². The number of nitrogens with zero attached hydrogens (tertiary/aromatic N) is 1. The van der Waals surface area contributed by atoms with Crippen LogP contribution < -0.4 is 15.4 Å². The van der Waals surface area contributed by atoms with Crippen molar-refractivity contribution < 1.29 is 14.5 Å². The van der Waals surface area contributed by atoms with Crippen molar-refractivity contribution in [1.29, 1.82) is 0 Å². The normalized spacial score (nSPS) is 17.5. The first-order chi connectivity index (χ1) is 11.1. The van der Waals surface area contributed by atoms with E-state index in [1.165, 1.54) is 25.0 Å². The van der Waals surface area contributed by atoms with E-state index >= 15 is 0 Å². The Balaban J connectivity index is 1.93. The van der Waals surface area contributed by atoms with Gasteiger partial charge in [0.05, 0.1) is 11.5 Å². The molecule has 126 valence electrons. The molecule has 0 radical (unpaired) electrons. The fourth-order valence-electron chi connectivity index (χ4n) is 2.74. The predicted octanol–water partition coefficient (Wildman–Crippen LogP) is 2.11. The van der Waals surface area contributed by atoms with E-state index in [0.29, 0.717) is 19.1 Å². The molecule has 2 rings (SSSR count). The highest BCUT2D eigenvalue weighted by molar-refractivity contribution is 5.95. The lowest BCUT2D eigenvalue weighted by molar-refractivity contribution is -0.385. The van der Waals surface area contributed by atoms with Crippen molar-refractivity contribution in [3.8, 4) is 5.75 Å². The van der Waals surface area contributed by atoms with E-state index in [1.54, 1.807) is 13.0 Å². The first-order valence-electron chi connectivity index (χ1n) is 8.02. The van der Waals surface area contributed by atoms with Gasteiger partial charge in [-0.25, -0.2) is 0 Å². The minimum Gasteiger partial charge on any atom is -0.487 e. The standard InChI is InChI=1S/C16H23N3O4/c1-2-23-15-6-5-13(10-14(15)19(21)22)16(20)18-9-7-12-4-3-8-17-11-12/h5-6,10,12,17H,2-4,7-9,11H2,1H3,(H,18,20). The van der Waals surface area contributed by atoms with Crippen LogP contribution in [-0.4, -0.2) is 37.1 Å². The zero-order chi connectivity index (χ0) is 16.7. The Morgan fingerprint density at radius 3 is 3.00 bits per heavy atom. The maximum atomic E-state index is 12.1. The maximum absolute atomic E-state index is 12.1. The molecule has 1 unspecified atom stereocenters. The molecule has 0 bridgehead atoms. The number of nitro groups is 1. The molecule has 7 heteroatoms. The van der Waals surface area contributed by atoms with Crippen molar-refractivity contribution in [3.05, 3.63) is 33.9 Å². The van der Waals surface area contributed by atoms with E-state index in [1.807, 2.05) is 0 Å². The molecule has 0 aliphatic carbocycles. The lowest BCUT2D eigenvalue weighted by atomic mass is 9.96. The van der Waals surface area contributed by atoms with Crippen molar-refractivity contribution in [1.82, 2.24) is 10.6 Å². The van der Waals surface area contributed by atoms with Crippen molar-refractivity contribution in [2.24, 2.45) is 5.92 Å². The second-order valence-electron chi connectivity index (χ2n) is 5.63. The van der Waals surface area contributed by atoms with Gasteiger partial charge >= 0.3 is 5.69 Å². The molecule has 7 nitrogen and oxygen atoms in total. The predicted molar refractivity (Wildman–Crippen MR) is 86.8 cm³/mol. The monoisotopic (exact) mass is 321 g/mol. The van der Waals surface area contributed by atoms with Crippen molar-refractivity contribution in [2.75, 3.05) is 26.2 Å². The van der Waals surface area contributed by atoms with Crippen molar-refractivity contribution >= 4 is 11.6 Å². The van der Waals surface area contributed by atoms with Crippen LogP contribution >= 0.6 is 0 Å². The summed E-state index contributed by atoms with van der Waals surface area (Å²) in [6.07, 6.45) is 3.26. The number of hydrogen-bond donors (Lipinski definition) is 2. The summed E-state index contributed by atoms with van der Waals surface area (Å²) in [5, 5.41) is 17.3. The SMILES string of the molecule is CCOc1ccc(C(=O)NCCC2CCCNC2)cc1[N+](=O)[O-]. The summed E-state index contributed by atoms with van der Waals surface area (Å²) in [4.78, 5) is 22.7. The van der Waals surface area contributed by atoms with Crippen LogP contribution in [0.15, 0.2) is 18.2 Å². The van der Waals surface area contributed by atoms with Gasteiger partial charge in [0.2, 0.25) is 0 Å². The fourth-order valence-corrected chi connectivity index (χ4v) is 2.74. The van der Waals surface area contributed by atoms with Gasteiger partial charge in [0.25, 0.3) is 5.91 Å². The van der Waals surface area contributed by atoms with Crippen LogP contribution in [0.3, 0.4) is 0 Å². The number of hydrogen-bond acceptors (Lipinski definition) is 5. The van der Waals surface area contributed by atoms with Gasteiger partial charge in [-0.05, 0) is 57.3 Å². The van der Waals surface area contributed by atoms with E-state index in [9.17, 15) is 14.9 Å². The fraction of sp³-hybridized carbons (Fsp3) is 0.562. The van der Waals surface area contributed by atoms with E-state index in [0.717, 1.165) is 19.5 Å². The lowest BCUT2D eigenvalue weighted by Gasteiger charge is -2.22. The number of amides is 1. The summed E-state index contributed by atoms with van der Waals surface area (Å²) in [5.74, 6) is 0.473. The number of nitro benzene ring substituents is 1. The minimum absolute atomic E-state index is 0.183. The first kappa shape index (κ1) is 17.2. The summed E-state index contributed by atoms with van der Waals surface area (Å²) >= 11 is 0. The number of rotatable bonds is 7. The van der Waals surface area contributed by atoms with Crippen molar-refractivity contribution in [3.63, 3.8) is 0 Å². The first-order valence-corrected chi connectivity index (χ1v) is 8.02. The van der Waals surface area contributed by atoms with Crippen LogP contribution in [0, 0.1) is 16.0 Å². The highest BCUT2D eigenvalue weighted by Gasteiger charge is 2.19. The van der Waals surface area contributed by atoms with Gasteiger partial charge in [0.15, 0.2) is 5.75 Å². The Hall–Kier alpha value is -2.15. The molecular weight excluding hydrogens is 298 g/mol. The summed E-state index contributed by atoms with van der Waals surface area (Å²) in [5.41, 5.74) is 0.0953. The molecular formula is C16H23N3O4. The van der Waals surface area contributed by atoms with E-state index in [2.05, 4.69) is 10.6 Å². The Kier molecular flexibility index (Phi) is 6.34. The molecule has 23 heavy (non-hydrogen) atoms. The Bertz CT molecular complexity index is 556. The summed E-state index contributed by atoms with van der Waals surface area (Å²) in [6, 6.07) is 4.29. The average Bonchev–Trinajstić information content (AvgIpc) is 2.56. The van der Waals surface area contributed by atoms with Gasteiger partial charge in [-0.1, -0.05) is 0 Å². The van der Waals surface area contributed by atoms with Gasteiger partial charge in [0.1, 0.15) is 0 Å². The quantitative estimate of drug-likeness (QED) is 0.592. The maximum Gasteiger partial charge on any atom is 0.311 e. The summed E-state index contributed by atoms with van der Waals surface area (Å²) < 4.78 is 5.21. The summed E-state index contributed by atoms with van der Waals surface area (Å²) in [7, 11) is 0. The second-order valence-corrected chi connectivity index (χ2v) is 5.63. The van der Waals surface area contributed by atoms with Gasteiger partial charge in [0, 0.05) is 18.2 Å². The highest BCUT2D eigenvalue weighted by Crippen LogP contribution is 2.28.